The molecule has 1 rings (SSSR count). The summed E-state index contributed by atoms with van der Waals surface area (Å²) in [6.45, 7) is 5.11. The maximum Gasteiger partial charge on any atom is 0.163 e. The minimum atomic E-state index is -0.809. The van der Waals surface area contributed by atoms with Gasteiger partial charge in [0, 0.05) is 24.0 Å². The summed E-state index contributed by atoms with van der Waals surface area (Å²) >= 11 is 6.25. The highest BCUT2D eigenvalue weighted by atomic mass is 35.5. The van der Waals surface area contributed by atoms with Crippen LogP contribution in [0.1, 0.15) is 32.3 Å². The van der Waals surface area contributed by atoms with Gasteiger partial charge >= 0.3 is 0 Å². The summed E-state index contributed by atoms with van der Waals surface area (Å²) in [5.41, 5.74) is 0.336. The molecule has 102 valence electrons. The summed E-state index contributed by atoms with van der Waals surface area (Å²) in [5.74, 6) is -1.13. The van der Waals surface area contributed by atoms with Crippen LogP contribution < -0.4 is 5.32 Å². The molecule has 0 saturated heterocycles. The lowest BCUT2D eigenvalue weighted by molar-refractivity contribution is 0.441. The first kappa shape index (κ1) is 15.4. The fourth-order valence-electron chi connectivity index (χ4n) is 2.00. The van der Waals surface area contributed by atoms with Crippen LogP contribution in [0.25, 0.3) is 0 Å². The molecule has 1 aromatic carbocycles. The lowest BCUT2D eigenvalue weighted by Gasteiger charge is -2.19. The number of hydrogen-bond donors (Lipinski definition) is 1. The van der Waals surface area contributed by atoms with Gasteiger partial charge in [-0.3, -0.25) is 0 Å². The first-order valence-corrected chi connectivity index (χ1v) is 6.81. The zero-order chi connectivity index (χ0) is 13.5. The van der Waals surface area contributed by atoms with E-state index in [4.69, 9.17) is 11.6 Å². The Labute approximate surface area is 113 Å². The topological polar surface area (TPSA) is 12.0 Å². The van der Waals surface area contributed by atoms with Gasteiger partial charge in [-0.25, -0.2) is 8.78 Å². The minimum Gasteiger partial charge on any atom is -0.311 e. The summed E-state index contributed by atoms with van der Waals surface area (Å²) in [4.78, 5) is 0. The average Bonchev–Trinajstić information content (AvgIpc) is 2.36. The lowest BCUT2D eigenvalue weighted by Crippen LogP contribution is -2.28. The lowest BCUT2D eigenvalue weighted by atomic mass is 9.99. The van der Waals surface area contributed by atoms with E-state index in [1.165, 1.54) is 6.07 Å². The predicted octanol–water partition coefficient (Wildman–Crippen LogP) is 4.10. The summed E-state index contributed by atoms with van der Waals surface area (Å²) < 4.78 is 26.3. The molecule has 0 aliphatic heterocycles. The van der Waals surface area contributed by atoms with Crippen LogP contribution in [-0.4, -0.2) is 11.9 Å². The van der Waals surface area contributed by atoms with E-state index in [9.17, 15) is 8.78 Å². The van der Waals surface area contributed by atoms with E-state index in [2.05, 4.69) is 19.2 Å². The van der Waals surface area contributed by atoms with Crippen LogP contribution in [0.4, 0.5) is 8.78 Å². The second kappa shape index (κ2) is 7.70. The molecule has 1 atom stereocenters. The second-order valence-electron chi connectivity index (χ2n) is 4.44. The second-order valence-corrected chi connectivity index (χ2v) is 5.00. The first-order valence-electron chi connectivity index (χ1n) is 6.37. The van der Waals surface area contributed by atoms with E-state index < -0.39 is 11.6 Å². The van der Waals surface area contributed by atoms with Crippen molar-refractivity contribution in [1.29, 1.82) is 0 Å². The normalized spacial score (nSPS) is 13.0. The molecular weight excluding hydrogens is 256 g/mol. The Balaban J connectivity index is 2.44. The van der Waals surface area contributed by atoms with Crippen LogP contribution in [0.15, 0.2) is 18.2 Å². The molecule has 0 radical (unpaired) electrons. The predicted molar refractivity (Wildman–Crippen MR) is 71.8 cm³/mol. The SMILES string of the molecule is CCC(CC)C(Cl)CNCc1cccc(F)c1F. The van der Waals surface area contributed by atoms with Gasteiger partial charge in [0.1, 0.15) is 0 Å². The molecule has 1 aromatic rings. The molecule has 18 heavy (non-hydrogen) atoms. The van der Waals surface area contributed by atoms with E-state index in [-0.39, 0.29) is 5.38 Å². The minimum absolute atomic E-state index is 0.0246. The molecule has 0 bridgehead atoms. The van der Waals surface area contributed by atoms with Gasteiger partial charge in [-0.1, -0.05) is 38.8 Å². The zero-order valence-electron chi connectivity index (χ0n) is 10.8. The standard InChI is InChI=1S/C14H20ClF2N/c1-3-10(4-2)12(15)9-18-8-11-6-5-7-13(16)14(11)17/h5-7,10,12,18H,3-4,8-9H2,1-2H3. The quantitative estimate of drug-likeness (QED) is 0.739. The Hall–Kier alpha value is -0.670. The molecule has 4 heteroatoms. The van der Waals surface area contributed by atoms with Gasteiger partial charge in [-0.05, 0) is 12.0 Å². The van der Waals surface area contributed by atoms with Crippen LogP contribution in [0.3, 0.4) is 0 Å². The Morgan fingerprint density at radius 2 is 1.89 bits per heavy atom. The Morgan fingerprint density at radius 3 is 2.50 bits per heavy atom. The maximum atomic E-state index is 13.4. The van der Waals surface area contributed by atoms with Crippen molar-refractivity contribution < 1.29 is 8.78 Å². The van der Waals surface area contributed by atoms with E-state index in [1.54, 1.807) is 6.07 Å². The van der Waals surface area contributed by atoms with Crippen molar-refractivity contribution in [2.45, 2.75) is 38.6 Å². The highest BCUT2D eigenvalue weighted by Gasteiger charge is 2.15. The largest absolute Gasteiger partial charge is 0.311 e. The smallest absolute Gasteiger partial charge is 0.163 e. The summed E-state index contributed by atoms with van der Waals surface area (Å²) in [6, 6.07) is 4.20. The number of alkyl halides is 1. The van der Waals surface area contributed by atoms with Crippen LogP contribution >= 0.6 is 11.6 Å². The fourth-order valence-corrected chi connectivity index (χ4v) is 2.46. The fraction of sp³-hybridized carbons (Fsp3) is 0.571. The average molecular weight is 276 g/mol. The van der Waals surface area contributed by atoms with E-state index >= 15 is 0 Å². The maximum absolute atomic E-state index is 13.4. The van der Waals surface area contributed by atoms with Gasteiger partial charge in [0.15, 0.2) is 11.6 Å². The van der Waals surface area contributed by atoms with Crippen LogP contribution in [0.5, 0.6) is 0 Å². The van der Waals surface area contributed by atoms with Gasteiger partial charge in [0.2, 0.25) is 0 Å². The van der Waals surface area contributed by atoms with Crippen LogP contribution in [-0.2, 0) is 6.54 Å². The monoisotopic (exact) mass is 275 g/mol. The Morgan fingerprint density at radius 1 is 1.22 bits per heavy atom. The van der Waals surface area contributed by atoms with E-state index in [0.29, 0.717) is 24.6 Å². The molecule has 0 spiro atoms. The third kappa shape index (κ3) is 4.21. The Bertz CT molecular complexity index is 367. The molecule has 0 amide bonds. The van der Waals surface area contributed by atoms with Crippen molar-refractivity contribution in [1.82, 2.24) is 5.32 Å². The molecule has 0 aliphatic rings. The molecule has 0 fully saturated rings. The van der Waals surface area contributed by atoms with Gasteiger partial charge in [0.25, 0.3) is 0 Å². The first-order chi connectivity index (χ1) is 8.60. The summed E-state index contributed by atoms with van der Waals surface area (Å²) in [7, 11) is 0. The van der Waals surface area contributed by atoms with Crippen molar-refractivity contribution in [3.05, 3.63) is 35.4 Å². The van der Waals surface area contributed by atoms with Crippen molar-refractivity contribution in [2.75, 3.05) is 6.54 Å². The number of nitrogens with one attached hydrogen (secondary N) is 1. The van der Waals surface area contributed by atoms with Gasteiger partial charge in [-0.15, -0.1) is 11.6 Å². The Kier molecular flexibility index (Phi) is 6.58. The number of benzene rings is 1. The van der Waals surface area contributed by atoms with Gasteiger partial charge < -0.3 is 5.32 Å². The summed E-state index contributed by atoms with van der Waals surface area (Å²) in [6.07, 6.45) is 2.06. The summed E-state index contributed by atoms with van der Waals surface area (Å²) in [5, 5.41) is 3.10. The number of halogens is 3. The zero-order valence-corrected chi connectivity index (χ0v) is 11.6. The molecule has 1 unspecified atom stereocenters. The van der Waals surface area contributed by atoms with E-state index in [0.717, 1.165) is 18.9 Å². The van der Waals surface area contributed by atoms with E-state index in [1.807, 2.05) is 0 Å². The molecule has 0 saturated carbocycles. The highest BCUT2D eigenvalue weighted by molar-refractivity contribution is 6.21. The molecule has 0 heterocycles. The molecular formula is C14H20ClF2N. The van der Waals surface area contributed by atoms with Gasteiger partial charge in [-0.2, -0.15) is 0 Å². The molecule has 1 N–H and O–H groups in total. The molecule has 1 nitrogen and oxygen atoms in total. The number of hydrogen-bond acceptors (Lipinski definition) is 1. The number of rotatable bonds is 7. The van der Waals surface area contributed by atoms with Gasteiger partial charge in [0.05, 0.1) is 0 Å². The molecule has 0 aliphatic carbocycles. The van der Waals surface area contributed by atoms with Crippen molar-refractivity contribution in [3.8, 4) is 0 Å². The third-order valence-electron chi connectivity index (χ3n) is 3.25. The van der Waals surface area contributed by atoms with Crippen molar-refractivity contribution in [3.63, 3.8) is 0 Å². The van der Waals surface area contributed by atoms with Crippen molar-refractivity contribution in [2.24, 2.45) is 5.92 Å². The third-order valence-corrected chi connectivity index (χ3v) is 3.76. The molecule has 0 aromatic heterocycles. The van der Waals surface area contributed by atoms with Crippen molar-refractivity contribution >= 4 is 11.6 Å². The highest BCUT2D eigenvalue weighted by Crippen LogP contribution is 2.18. The van der Waals surface area contributed by atoms with Crippen LogP contribution in [0, 0.1) is 17.6 Å². The van der Waals surface area contributed by atoms with Crippen LogP contribution in [0.2, 0.25) is 0 Å².